The van der Waals surface area contributed by atoms with Gasteiger partial charge in [0.25, 0.3) is 0 Å². The molecule has 8 heteroatoms. The van der Waals surface area contributed by atoms with E-state index in [-0.39, 0.29) is 47.9 Å². The third-order valence-electron chi connectivity index (χ3n) is 9.03. The lowest BCUT2D eigenvalue weighted by Gasteiger charge is -2.65. The first-order valence-electron chi connectivity index (χ1n) is 13.5. The molecule has 2 aliphatic heterocycles. The van der Waals surface area contributed by atoms with Gasteiger partial charge in [0.05, 0.1) is 14.2 Å². The molecular formula is C29H39NO7. The van der Waals surface area contributed by atoms with Crippen LogP contribution in [0.4, 0.5) is 0 Å². The second-order valence-corrected chi connectivity index (χ2v) is 11.1. The Kier molecular flexibility index (Phi) is 7.24. The molecule has 8 nitrogen and oxygen atoms in total. The van der Waals surface area contributed by atoms with Crippen LogP contribution in [0.2, 0.25) is 0 Å². The minimum atomic E-state index is -1.29. The maximum absolute atomic E-state index is 13.2. The van der Waals surface area contributed by atoms with Crippen molar-refractivity contribution in [2.75, 3.05) is 27.3 Å². The summed E-state index contributed by atoms with van der Waals surface area (Å²) in [4.78, 5) is 27.8. The Morgan fingerprint density at radius 1 is 1.16 bits per heavy atom. The Bertz CT molecular complexity index is 1070. The molecule has 202 valence electrons. The van der Waals surface area contributed by atoms with Crippen LogP contribution < -0.4 is 9.47 Å². The zero-order valence-corrected chi connectivity index (χ0v) is 22.3. The molecule has 1 unspecified atom stereocenters. The summed E-state index contributed by atoms with van der Waals surface area (Å²) in [5.74, 6) is 0.667. The van der Waals surface area contributed by atoms with E-state index >= 15 is 0 Å². The SMILES string of the molecule is COc1ccc(CC(O)C(=O)O[C@H]2C[C@H]3C4=CCCN5CCC[C@@H]2[C@@]45C[C@@H](C)[C@@H]3OC(C)=O)cc1OC. The summed E-state index contributed by atoms with van der Waals surface area (Å²) in [6.45, 7) is 5.69. The van der Waals surface area contributed by atoms with Crippen LogP contribution >= 0.6 is 0 Å². The number of hydrogen-bond acceptors (Lipinski definition) is 8. The van der Waals surface area contributed by atoms with Crippen molar-refractivity contribution in [3.8, 4) is 11.5 Å². The lowest BCUT2D eigenvalue weighted by atomic mass is 9.51. The monoisotopic (exact) mass is 513 g/mol. The fourth-order valence-corrected chi connectivity index (χ4v) is 7.72. The Morgan fingerprint density at radius 2 is 1.95 bits per heavy atom. The van der Waals surface area contributed by atoms with Gasteiger partial charge in [-0.25, -0.2) is 4.79 Å². The van der Waals surface area contributed by atoms with Crippen LogP contribution in [0.3, 0.4) is 0 Å². The molecule has 1 saturated heterocycles. The Balaban J connectivity index is 1.38. The molecule has 2 saturated carbocycles. The number of methoxy groups -OCH3 is 2. The molecule has 1 aromatic carbocycles. The standard InChI is InChI=1S/C29H39NO7/c1-17-16-29-21-7-5-11-30(29)12-6-8-22(29)25(15-20(21)27(17)36-18(2)31)37-28(33)23(32)13-19-9-10-24(34-3)26(14-19)35-4/h7,9-10,14,17,20,22-23,25,27,32H,5-6,8,11-13,15-16H2,1-4H3/t17-,20+,22+,23?,25+,27+,29-/m1/s1. The Morgan fingerprint density at radius 3 is 2.68 bits per heavy atom. The van der Waals surface area contributed by atoms with Crippen LogP contribution in [-0.4, -0.2) is 73.1 Å². The number of rotatable bonds is 7. The van der Waals surface area contributed by atoms with Crippen molar-refractivity contribution < 1.29 is 33.6 Å². The molecule has 37 heavy (non-hydrogen) atoms. The molecule has 0 amide bonds. The fourth-order valence-electron chi connectivity index (χ4n) is 7.72. The second-order valence-electron chi connectivity index (χ2n) is 11.1. The number of nitrogens with zero attached hydrogens (tertiary/aromatic N) is 1. The summed E-state index contributed by atoms with van der Waals surface area (Å²) in [6.07, 6.45) is 5.18. The summed E-state index contributed by atoms with van der Waals surface area (Å²) in [7, 11) is 3.12. The van der Waals surface area contributed by atoms with E-state index in [1.807, 2.05) is 6.07 Å². The van der Waals surface area contributed by atoms with Crippen molar-refractivity contribution in [3.63, 3.8) is 0 Å². The first-order chi connectivity index (χ1) is 17.8. The van der Waals surface area contributed by atoms with Crippen LogP contribution in [0.25, 0.3) is 0 Å². The molecule has 1 N–H and O–H groups in total. The number of hydrogen-bond donors (Lipinski definition) is 1. The van der Waals surface area contributed by atoms with Gasteiger partial charge in [-0.2, -0.15) is 0 Å². The first-order valence-corrected chi connectivity index (χ1v) is 13.5. The molecule has 5 rings (SSSR count). The summed E-state index contributed by atoms with van der Waals surface area (Å²) < 4.78 is 22.6. The van der Waals surface area contributed by atoms with Gasteiger partial charge in [0.1, 0.15) is 12.2 Å². The summed E-state index contributed by atoms with van der Waals surface area (Å²) >= 11 is 0. The third-order valence-corrected chi connectivity index (χ3v) is 9.03. The molecule has 0 radical (unpaired) electrons. The van der Waals surface area contributed by atoms with Gasteiger partial charge in [0.15, 0.2) is 17.6 Å². The number of esters is 2. The molecule has 1 aromatic rings. The average molecular weight is 514 g/mol. The van der Waals surface area contributed by atoms with Crippen LogP contribution in [0.5, 0.6) is 11.5 Å². The van der Waals surface area contributed by atoms with E-state index in [0.717, 1.165) is 44.3 Å². The number of carbonyl (C=O) groups excluding carboxylic acids is 2. The highest BCUT2D eigenvalue weighted by Crippen LogP contribution is 2.59. The van der Waals surface area contributed by atoms with Crippen molar-refractivity contribution >= 4 is 11.9 Å². The zero-order valence-electron chi connectivity index (χ0n) is 22.3. The highest BCUT2D eigenvalue weighted by molar-refractivity contribution is 5.75. The van der Waals surface area contributed by atoms with E-state index in [0.29, 0.717) is 17.9 Å². The summed E-state index contributed by atoms with van der Waals surface area (Å²) in [6, 6.07) is 5.34. The van der Waals surface area contributed by atoms with Crippen LogP contribution in [0.1, 0.15) is 51.5 Å². The van der Waals surface area contributed by atoms with Gasteiger partial charge >= 0.3 is 11.9 Å². The number of carbonyl (C=O) groups is 2. The van der Waals surface area contributed by atoms with Crippen molar-refractivity contribution in [1.29, 1.82) is 0 Å². The quantitative estimate of drug-likeness (QED) is 0.439. The maximum Gasteiger partial charge on any atom is 0.335 e. The molecule has 3 fully saturated rings. The van der Waals surface area contributed by atoms with Gasteiger partial charge in [0, 0.05) is 37.3 Å². The third kappa shape index (κ3) is 4.52. The predicted octanol–water partition coefficient (Wildman–Crippen LogP) is 3.29. The summed E-state index contributed by atoms with van der Waals surface area (Å²) in [5, 5.41) is 10.8. The maximum atomic E-state index is 13.2. The second kappa shape index (κ2) is 10.3. The van der Waals surface area contributed by atoms with Gasteiger partial charge in [-0.15, -0.1) is 0 Å². The van der Waals surface area contributed by atoms with Crippen molar-refractivity contribution in [2.45, 2.75) is 76.2 Å². The van der Waals surface area contributed by atoms with E-state index < -0.39 is 12.1 Å². The number of aliphatic hydroxyl groups is 1. The lowest BCUT2D eigenvalue weighted by Crippen LogP contribution is -2.71. The van der Waals surface area contributed by atoms with Crippen molar-refractivity contribution in [1.82, 2.24) is 4.90 Å². The lowest BCUT2D eigenvalue weighted by molar-refractivity contribution is -0.189. The molecule has 1 spiro atoms. The molecule has 4 aliphatic rings. The van der Waals surface area contributed by atoms with Crippen molar-refractivity contribution in [2.24, 2.45) is 17.8 Å². The molecule has 7 atom stereocenters. The van der Waals surface area contributed by atoms with Crippen molar-refractivity contribution in [3.05, 3.63) is 35.4 Å². The topological polar surface area (TPSA) is 94.5 Å². The fraction of sp³-hybridized carbons (Fsp3) is 0.655. The van der Waals surface area contributed by atoms with Gasteiger partial charge in [-0.1, -0.05) is 19.1 Å². The van der Waals surface area contributed by atoms with Crippen LogP contribution in [-0.2, 0) is 25.5 Å². The smallest absolute Gasteiger partial charge is 0.335 e. The molecular weight excluding hydrogens is 474 g/mol. The highest BCUT2D eigenvalue weighted by Gasteiger charge is 2.63. The number of aliphatic hydroxyl groups excluding tert-OH is 1. The largest absolute Gasteiger partial charge is 0.493 e. The van der Waals surface area contributed by atoms with E-state index in [9.17, 15) is 14.7 Å². The molecule has 2 aliphatic carbocycles. The molecule has 0 aromatic heterocycles. The van der Waals surface area contributed by atoms with Gasteiger partial charge in [-0.3, -0.25) is 9.69 Å². The summed E-state index contributed by atoms with van der Waals surface area (Å²) in [5.41, 5.74) is 1.98. The van der Waals surface area contributed by atoms with E-state index in [4.69, 9.17) is 18.9 Å². The van der Waals surface area contributed by atoms with E-state index in [1.165, 1.54) is 12.5 Å². The predicted molar refractivity (Wildman–Crippen MR) is 136 cm³/mol. The number of piperidine rings is 1. The first kappa shape index (κ1) is 26.0. The Hall–Kier alpha value is -2.58. The highest BCUT2D eigenvalue weighted by atomic mass is 16.6. The van der Waals surface area contributed by atoms with Crippen LogP contribution in [0.15, 0.2) is 29.8 Å². The normalized spacial score (nSPS) is 33.4. The van der Waals surface area contributed by atoms with E-state index in [1.54, 1.807) is 26.4 Å². The van der Waals surface area contributed by atoms with Gasteiger partial charge < -0.3 is 24.1 Å². The average Bonchev–Trinajstić information content (AvgIpc) is 2.87. The van der Waals surface area contributed by atoms with Gasteiger partial charge in [0.2, 0.25) is 0 Å². The molecule has 2 bridgehead atoms. The molecule has 2 heterocycles. The minimum Gasteiger partial charge on any atom is -0.493 e. The van der Waals surface area contributed by atoms with Gasteiger partial charge in [-0.05, 0) is 67.8 Å². The van der Waals surface area contributed by atoms with Crippen LogP contribution in [0, 0.1) is 17.8 Å². The minimum absolute atomic E-state index is 0.0191. The number of ether oxygens (including phenoxy) is 4. The Labute approximate surface area is 218 Å². The number of benzene rings is 1. The van der Waals surface area contributed by atoms with E-state index in [2.05, 4.69) is 17.9 Å². The zero-order chi connectivity index (χ0) is 26.3.